The topological polar surface area (TPSA) is 127 Å². The summed E-state index contributed by atoms with van der Waals surface area (Å²) in [5.74, 6) is -7.82. The summed E-state index contributed by atoms with van der Waals surface area (Å²) in [6.45, 7) is 1.44. The Morgan fingerprint density at radius 2 is 1.82 bits per heavy atom. The van der Waals surface area contributed by atoms with E-state index in [9.17, 15) is 42.3 Å². The van der Waals surface area contributed by atoms with E-state index >= 15 is 0 Å². The molecular weight excluding hydrogens is 511 g/mol. The average molecular weight is 531 g/mol. The molecule has 1 aromatic carbocycles. The van der Waals surface area contributed by atoms with Gasteiger partial charge in [-0.3, -0.25) is 19.2 Å². The second kappa shape index (κ2) is 8.67. The second-order valence-electron chi connectivity index (χ2n) is 9.48. The van der Waals surface area contributed by atoms with Gasteiger partial charge in [-0.15, -0.1) is 13.2 Å². The van der Waals surface area contributed by atoms with Gasteiger partial charge < -0.3 is 14.6 Å². The third kappa shape index (κ3) is 3.82. The summed E-state index contributed by atoms with van der Waals surface area (Å²) in [5, 5.41) is 10.7. The minimum absolute atomic E-state index is 0.00973. The molecule has 38 heavy (non-hydrogen) atoms. The maximum atomic E-state index is 13.3. The first-order chi connectivity index (χ1) is 17.8. The molecule has 198 valence electrons. The number of hydrogen-bond acceptors (Lipinski definition) is 8. The molecule has 5 rings (SSSR count). The number of aromatic hydroxyl groups is 1. The van der Waals surface area contributed by atoms with Gasteiger partial charge in [0.1, 0.15) is 11.5 Å². The zero-order valence-electron chi connectivity index (χ0n) is 20.0. The lowest BCUT2D eigenvalue weighted by Gasteiger charge is -2.42. The van der Waals surface area contributed by atoms with Crippen LogP contribution in [-0.4, -0.2) is 53.0 Å². The summed E-state index contributed by atoms with van der Waals surface area (Å²) >= 11 is 0. The number of imide groups is 3. The molecule has 0 radical (unpaired) electrons. The number of Topliss-reactive ketones (excluding diaryl/α,β-unsaturated/α-hetero) is 1. The number of ketones is 2. The lowest BCUT2D eigenvalue weighted by molar-refractivity contribution is -0.274. The Morgan fingerprint density at radius 1 is 1.11 bits per heavy atom. The molecule has 1 N–H and O–H groups in total. The summed E-state index contributed by atoms with van der Waals surface area (Å²) in [6, 6.07) is 2.81. The predicted molar refractivity (Wildman–Crippen MR) is 120 cm³/mol. The molecule has 1 saturated heterocycles. The van der Waals surface area contributed by atoms with Gasteiger partial charge in [0.15, 0.2) is 11.6 Å². The highest BCUT2D eigenvalue weighted by molar-refractivity contribution is 6.24. The first kappa shape index (κ1) is 25.4. The van der Waals surface area contributed by atoms with Gasteiger partial charge in [-0.25, -0.2) is 4.79 Å². The Balaban J connectivity index is 1.69. The highest BCUT2D eigenvalue weighted by atomic mass is 19.4. The predicted octanol–water partition coefficient (Wildman–Crippen LogP) is 3.49. The fourth-order valence-corrected chi connectivity index (χ4v) is 5.97. The van der Waals surface area contributed by atoms with Crippen LogP contribution >= 0.6 is 0 Å². The number of hydrogen-bond donors (Lipinski definition) is 1. The van der Waals surface area contributed by atoms with Crippen LogP contribution in [0, 0.1) is 17.8 Å². The summed E-state index contributed by atoms with van der Waals surface area (Å²) in [6.07, 6.45) is -3.59. The van der Waals surface area contributed by atoms with Crippen molar-refractivity contribution in [2.45, 2.75) is 32.0 Å². The molecule has 9 nitrogen and oxygen atoms in total. The SMILES string of the molecule is COC(=O)N1C(=O)[C@H]2[C@H](CC=C3[C@H](c4cc(OC(F)(F)F)ccc4O)C4=C(C[C@H]32)C(=O)C(C)=CC4=O)C1=O. The van der Waals surface area contributed by atoms with Crippen LogP contribution < -0.4 is 4.74 Å². The highest BCUT2D eigenvalue weighted by Crippen LogP contribution is 2.56. The molecule has 1 aliphatic heterocycles. The molecule has 3 aliphatic carbocycles. The van der Waals surface area contributed by atoms with Gasteiger partial charge in [0.05, 0.1) is 18.9 Å². The van der Waals surface area contributed by atoms with E-state index in [4.69, 9.17) is 0 Å². The van der Waals surface area contributed by atoms with E-state index in [0.717, 1.165) is 31.4 Å². The normalized spacial score (nSPS) is 26.9. The fourth-order valence-electron chi connectivity index (χ4n) is 5.97. The van der Waals surface area contributed by atoms with Crippen LogP contribution in [0.4, 0.5) is 18.0 Å². The summed E-state index contributed by atoms with van der Waals surface area (Å²) in [5.41, 5.74) is 0.398. The maximum Gasteiger partial charge on any atom is 0.573 e. The molecule has 4 aliphatic rings. The van der Waals surface area contributed by atoms with Crippen molar-refractivity contribution in [2.24, 2.45) is 17.8 Å². The molecular formula is C26H20F3NO8. The zero-order chi connectivity index (χ0) is 27.7. The molecule has 1 fully saturated rings. The second-order valence-corrected chi connectivity index (χ2v) is 9.48. The molecule has 0 saturated carbocycles. The lowest BCUT2D eigenvalue weighted by atomic mass is 9.59. The number of phenolic OH excluding ortho intramolecular Hbond substituents is 1. The summed E-state index contributed by atoms with van der Waals surface area (Å²) in [7, 11) is 1.02. The summed E-state index contributed by atoms with van der Waals surface area (Å²) in [4.78, 5) is 65.2. The molecule has 4 atom stereocenters. The van der Waals surface area contributed by atoms with Crippen molar-refractivity contribution in [2.75, 3.05) is 7.11 Å². The Hall–Kier alpha value is -4.22. The van der Waals surface area contributed by atoms with E-state index in [-0.39, 0.29) is 35.1 Å². The van der Waals surface area contributed by atoms with Crippen LogP contribution in [0.5, 0.6) is 11.5 Å². The smallest absolute Gasteiger partial charge is 0.508 e. The van der Waals surface area contributed by atoms with Gasteiger partial charge in [0, 0.05) is 28.2 Å². The number of methoxy groups -OCH3 is 1. The van der Waals surface area contributed by atoms with Crippen molar-refractivity contribution < 1.29 is 51.7 Å². The number of carbonyl (C=O) groups is 5. The highest BCUT2D eigenvalue weighted by Gasteiger charge is 2.58. The number of rotatable bonds is 2. The van der Waals surface area contributed by atoms with Crippen molar-refractivity contribution in [1.29, 1.82) is 0 Å². The number of fused-ring (bicyclic) bond motifs is 3. The van der Waals surface area contributed by atoms with Gasteiger partial charge >= 0.3 is 12.5 Å². The number of likely N-dealkylation sites (tertiary alicyclic amines) is 1. The minimum atomic E-state index is -5.03. The standard InChI is InChI=1S/C26H20F3NO8/c1-10-7-18(32)21-16(22(10)33)9-14-12(4-5-13-20(14)24(35)30(23(13)34)25(36)37-2)19(21)15-8-11(3-6-17(15)31)38-26(27,28)29/h3-4,6-8,13-14,19-20,31H,5,9H2,1-2H3/t13-,14+,19+,20-/m0/s1. The molecule has 1 heterocycles. The Labute approximate surface area is 213 Å². The number of carbonyl (C=O) groups excluding carboxylic acids is 5. The number of benzene rings is 1. The number of amides is 3. The third-order valence-corrected chi connectivity index (χ3v) is 7.46. The first-order valence-electron chi connectivity index (χ1n) is 11.6. The number of halogens is 3. The van der Waals surface area contributed by atoms with E-state index in [1.807, 2.05) is 0 Å². The van der Waals surface area contributed by atoms with Gasteiger partial charge in [-0.2, -0.15) is 4.90 Å². The number of phenols is 1. The Morgan fingerprint density at radius 3 is 2.47 bits per heavy atom. The van der Waals surface area contributed by atoms with Crippen LogP contribution in [0.1, 0.15) is 31.2 Å². The molecule has 3 amide bonds. The third-order valence-electron chi connectivity index (χ3n) is 7.46. The Kier molecular flexibility index (Phi) is 5.80. The van der Waals surface area contributed by atoms with E-state index in [1.165, 1.54) is 6.92 Å². The van der Waals surface area contributed by atoms with Crippen LogP contribution in [-0.2, 0) is 23.9 Å². The number of allylic oxidation sites excluding steroid dienone is 6. The van der Waals surface area contributed by atoms with E-state index in [1.54, 1.807) is 6.08 Å². The van der Waals surface area contributed by atoms with Gasteiger partial charge in [-0.1, -0.05) is 11.6 Å². The number of ether oxygens (including phenoxy) is 2. The minimum Gasteiger partial charge on any atom is -0.508 e. The first-order valence-corrected chi connectivity index (χ1v) is 11.6. The fraction of sp³-hybridized carbons (Fsp3) is 0.346. The zero-order valence-corrected chi connectivity index (χ0v) is 20.0. The molecule has 0 unspecified atom stereocenters. The maximum absolute atomic E-state index is 13.3. The molecule has 0 spiro atoms. The van der Waals surface area contributed by atoms with Gasteiger partial charge in [-0.05, 0) is 50.0 Å². The van der Waals surface area contributed by atoms with Crippen molar-refractivity contribution in [1.82, 2.24) is 4.90 Å². The average Bonchev–Trinajstić information content (AvgIpc) is 3.11. The van der Waals surface area contributed by atoms with Crippen LogP contribution in [0.3, 0.4) is 0 Å². The Bertz CT molecular complexity index is 1420. The number of alkyl halides is 3. The van der Waals surface area contributed by atoms with Crippen LogP contribution in [0.15, 0.2) is 52.6 Å². The van der Waals surface area contributed by atoms with Crippen molar-refractivity contribution in [3.8, 4) is 11.5 Å². The monoisotopic (exact) mass is 531 g/mol. The molecule has 0 aromatic heterocycles. The molecule has 1 aromatic rings. The molecule has 0 bridgehead atoms. The van der Waals surface area contributed by atoms with Crippen molar-refractivity contribution >= 4 is 29.5 Å². The summed E-state index contributed by atoms with van der Waals surface area (Å²) < 4.78 is 47.4. The van der Waals surface area contributed by atoms with Crippen LogP contribution in [0.25, 0.3) is 0 Å². The lowest BCUT2D eigenvalue weighted by Crippen LogP contribution is -2.40. The van der Waals surface area contributed by atoms with Gasteiger partial charge in [0.2, 0.25) is 11.8 Å². The van der Waals surface area contributed by atoms with Crippen molar-refractivity contribution in [3.05, 3.63) is 58.2 Å². The van der Waals surface area contributed by atoms with E-state index < -0.39 is 71.0 Å². The van der Waals surface area contributed by atoms with E-state index in [2.05, 4.69) is 9.47 Å². The van der Waals surface area contributed by atoms with Crippen LogP contribution in [0.2, 0.25) is 0 Å². The largest absolute Gasteiger partial charge is 0.573 e. The van der Waals surface area contributed by atoms with Crippen molar-refractivity contribution in [3.63, 3.8) is 0 Å². The quantitative estimate of drug-likeness (QED) is 0.349. The number of nitrogens with zero attached hydrogens (tertiary/aromatic N) is 1. The molecule has 12 heteroatoms. The van der Waals surface area contributed by atoms with E-state index in [0.29, 0.717) is 10.5 Å². The van der Waals surface area contributed by atoms with Gasteiger partial charge in [0.25, 0.3) is 0 Å².